The van der Waals surface area contributed by atoms with Crippen LogP contribution in [0, 0.1) is 6.92 Å². The van der Waals surface area contributed by atoms with E-state index >= 15 is 0 Å². The third-order valence-corrected chi connectivity index (χ3v) is 1.95. The third kappa shape index (κ3) is 1.72. The minimum absolute atomic E-state index is 1.15. The Kier molecular flexibility index (Phi) is 2.04. The van der Waals surface area contributed by atoms with Gasteiger partial charge in [0.1, 0.15) is 0 Å². The summed E-state index contributed by atoms with van der Waals surface area (Å²) in [6.45, 7) is 1.98. The first-order valence-electron chi connectivity index (χ1n) is 4.20. The molecule has 13 heavy (non-hydrogen) atoms. The second-order valence-corrected chi connectivity index (χ2v) is 3.00. The Hall–Kier alpha value is -1.70. The van der Waals surface area contributed by atoms with Gasteiger partial charge in [-0.1, -0.05) is 24.3 Å². The largest absolute Gasteiger partial charge is 0.159 e. The van der Waals surface area contributed by atoms with Gasteiger partial charge in [-0.25, -0.2) is 0 Å². The number of aromatic nitrogens is 2. The van der Waals surface area contributed by atoms with Gasteiger partial charge in [0.25, 0.3) is 0 Å². The summed E-state index contributed by atoms with van der Waals surface area (Å²) in [6.07, 6.45) is 3.40. The molecule has 0 unspecified atom stereocenters. The van der Waals surface area contributed by atoms with Crippen molar-refractivity contribution in [1.82, 2.24) is 10.2 Å². The van der Waals surface area contributed by atoms with Crippen molar-refractivity contribution in [2.24, 2.45) is 0 Å². The van der Waals surface area contributed by atoms with Crippen LogP contribution < -0.4 is 0 Å². The lowest BCUT2D eigenvalue weighted by molar-refractivity contribution is 1.01. The molecule has 0 spiro atoms. The summed E-state index contributed by atoms with van der Waals surface area (Å²) in [5, 5.41) is 7.23. The van der Waals surface area contributed by atoms with Crippen molar-refractivity contribution in [3.05, 3.63) is 48.3 Å². The first kappa shape index (κ1) is 7.92. The predicted octanol–water partition coefficient (Wildman–Crippen LogP) is 2.45. The van der Waals surface area contributed by atoms with Crippen LogP contribution >= 0.6 is 0 Å². The maximum atomic E-state index is 3.63. The van der Waals surface area contributed by atoms with Gasteiger partial charge in [0, 0.05) is 6.20 Å². The molecule has 1 aromatic heterocycles. The van der Waals surface area contributed by atoms with Crippen LogP contribution in [0.5, 0.6) is 0 Å². The van der Waals surface area contributed by atoms with E-state index < -0.39 is 0 Å². The second kappa shape index (κ2) is 3.35. The molecule has 0 aromatic carbocycles. The second-order valence-electron chi connectivity index (χ2n) is 3.00. The van der Waals surface area contributed by atoms with Crippen molar-refractivity contribution >= 4 is 0 Å². The number of hydrogen-bond acceptors (Lipinski definition) is 2. The van der Waals surface area contributed by atoms with Crippen molar-refractivity contribution in [2.45, 2.75) is 6.92 Å². The zero-order valence-electron chi connectivity index (χ0n) is 7.44. The molecule has 2 nitrogen and oxygen atoms in total. The first-order valence-corrected chi connectivity index (χ1v) is 4.20. The molecule has 0 saturated carbocycles. The van der Waals surface area contributed by atoms with Crippen molar-refractivity contribution in [1.29, 1.82) is 0 Å². The Morgan fingerprint density at radius 2 is 1.46 bits per heavy atom. The monoisotopic (exact) mass is 170 g/mol. The highest BCUT2D eigenvalue weighted by Crippen LogP contribution is 2.29. The van der Waals surface area contributed by atoms with E-state index in [-0.39, 0.29) is 0 Å². The Morgan fingerprint density at radius 3 is 1.62 bits per heavy atom. The van der Waals surface area contributed by atoms with Crippen LogP contribution in [0.1, 0.15) is 5.56 Å². The summed E-state index contributed by atoms with van der Waals surface area (Å²) >= 11 is 0. The van der Waals surface area contributed by atoms with Crippen LogP contribution in [-0.2, 0) is 0 Å². The molecule has 1 aromatic rings. The van der Waals surface area contributed by atoms with Crippen LogP contribution in [-0.4, -0.2) is 10.2 Å². The standard InChI is InChI=1S/C6H4.C5H6N2/c1-2-6-4-3-5(1)6;1-5-2-3-6-7-4-5/h1-4H;2-4H,1H3. The minimum Gasteiger partial charge on any atom is -0.159 e. The molecule has 3 rings (SSSR count). The third-order valence-electron chi connectivity index (χ3n) is 1.95. The van der Waals surface area contributed by atoms with E-state index in [0.29, 0.717) is 0 Å². The molecule has 0 N–H and O–H groups in total. The van der Waals surface area contributed by atoms with Gasteiger partial charge in [0.05, 0.1) is 6.20 Å². The number of nitrogens with zero attached hydrogens (tertiary/aromatic N) is 2. The SMILES string of the molecule is Cc1ccnnc1.c1cc2ccc1-2. The Bertz CT molecular complexity index is 358. The highest BCUT2D eigenvalue weighted by molar-refractivity contribution is 5.75. The Balaban J connectivity index is 0.000000101. The van der Waals surface area contributed by atoms with Crippen LogP contribution in [0.4, 0.5) is 0 Å². The molecule has 2 aliphatic carbocycles. The Labute approximate surface area is 77.3 Å². The summed E-state index contributed by atoms with van der Waals surface area (Å²) in [6, 6.07) is 10.4. The van der Waals surface area contributed by atoms with Gasteiger partial charge in [0.15, 0.2) is 0 Å². The lowest BCUT2D eigenvalue weighted by Gasteiger charge is -2.10. The lowest BCUT2D eigenvalue weighted by atomic mass is 9.95. The van der Waals surface area contributed by atoms with E-state index in [2.05, 4.69) is 34.5 Å². The molecule has 1 heterocycles. The van der Waals surface area contributed by atoms with Gasteiger partial charge >= 0.3 is 0 Å². The normalized spacial score (nSPS) is 9.92. The molecule has 0 saturated heterocycles. The number of hydrogen-bond donors (Lipinski definition) is 0. The molecule has 0 atom stereocenters. The van der Waals surface area contributed by atoms with Gasteiger partial charge < -0.3 is 0 Å². The summed E-state index contributed by atoms with van der Waals surface area (Å²) in [5.41, 5.74) is 4.00. The maximum absolute atomic E-state index is 3.63. The molecule has 0 amide bonds. The van der Waals surface area contributed by atoms with Gasteiger partial charge in [-0.15, -0.1) is 0 Å². The number of aryl methyl sites for hydroxylation is 1. The van der Waals surface area contributed by atoms with E-state index in [1.165, 1.54) is 11.1 Å². The number of rotatable bonds is 0. The van der Waals surface area contributed by atoms with Crippen molar-refractivity contribution in [2.75, 3.05) is 0 Å². The van der Waals surface area contributed by atoms with E-state index in [9.17, 15) is 0 Å². The predicted molar refractivity (Wildman–Crippen MR) is 52.2 cm³/mol. The average molecular weight is 170 g/mol. The Morgan fingerprint density at radius 1 is 0.846 bits per heavy atom. The molecule has 0 radical (unpaired) electrons. The smallest absolute Gasteiger partial charge is 0.0525 e. The van der Waals surface area contributed by atoms with E-state index in [0.717, 1.165) is 5.56 Å². The number of fused-ring (bicyclic) bond motifs is 1. The summed E-state index contributed by atoms with van der Waals surface area (Å²) in [7, 11) is 0. The molecule has 2 aliphatic rings. The zero-order valence-corrected chi connectivity index (χ0v) is 7.44. The summed E-state index contributed by atoms with van der Waals surface area (Å²) in [4.78, 5) is 0. The fourth-order valence-corrected chi connectivity index (χ4v) is 1.02. The van der Waals surface area contributed by atoms with Crippen LogP contribution in [0.15, 0.2) is 42.7 Å². The fourth-order valence-electron chi connectivity index (χ4n) is 1.02. The molecular formula is C11H10N2. The minimum atomic E-state index is 1.15. The van der Waals surface area contributed by atoms with Crippen LogP contribution in [0.2, 0.25) is 0 Å². The highest BCUT2D eigenvalue weighted by atomic mass is 15.1. The maximum Gasteiger partial charge on any atom is 0.0525 e. The van der Waals surface area contributed by atoms with E-state index in [1.807, 2.05) is 13.0 Å². The first-order chi connectivity index (χ1) is 6.36. The van der Waals surface area contributed by atoms with Gasteiger partial charge in [-0.2, -0.15) is 10.2 Å². The molecule has 2 heteroatoms. The van der Waals surface area contributed by atoms with Crippen LogP contribution in [0.25, 0.3) is 11.1 Å². The van der Waals surface area contributed by atoms with E-state index in [1.54, 1.807) is 12.4 Å². The molecule has 0 bridgehead atoms. The molecule has 64 valence electrons. The lowest BCUT2D eigenvalue weighted by Crippen LogP contribution is -1.85. The quantitative estimate of drug-likeness (QED) is 0.518. The van der Waals surface area contributed by atoms with Gasteiger partial charge in [0.2, 0.25) is 0 Å². The number of benzene rings is 1. The van der Waals surface area contributed by atoms with Crippen molar-refractivity contribution in [3.63, 3.8) is 0 Å². The molecule has 0 fully saturated rings. The van der Waals surface area contributed by atoms with Gasteiger partial charge in [-0.3, -0.25) is 0 Å². The fraction of sp³-hybridized carbons (Fsp3) is 0.0909. The summed E-state index contributed by atoms with van der Waals surface area (Å²) < 4.78 is 0. The molecule has 0 aliphatic heterocycles. The average Bonchev–Trinajstić information content (AvgIpc) is 2.14. The highest BCUT2D eigenvalue weighted by Gasteiger charge is 2.03. The van der Waals surface area contributed by atoms with Gasteiger partial charge in [-0.05, 0) is 29.7 Å². The topological polar surface area (TPSA) is 25.8 Å². The molecular weight excluding hydrogens is 160 g/mol. The van der Waals surface area contributed by atoms with Crippen molar-refractivity contribution < 1.29 is 0 Å². The van der Waals surface area contributed by atoms with Crippen LogP contribution in [0.3, 0.4) is 0 Å². The van der Waals surface area contributed by atoms with Crippen molar-refractivity contribution in [3.8, 4) is 11.1 Å². The summed E-state index contributed by atoms with van der Waals surface area (Å²) in [5.74, 6) is 0. The zero-order chi connectivity index (χ0) is 9.10. The van der Waals surface area contributed by atoms with E-state index in [4.69, 9.17) is 0 Å².